The van der Waals surface area contributed by atoms with Gasteiger partial charge in [-0.15, -0.1) is 34.2 Å². The van der Waals surface area contributed by atoms with E-state index < -0.39 is 0 Å². The maximum Gasteiger partial charge on any atom is 0.213 e. The lowest BCUT2D eigenvalue weighted by Crippen LogP contribution is -2.41. The van der Waals surface area contributed by atoms with Gasteiger partial charge in [-0.1, -0.05) is 6.07 Å². The van der Waals surface area contributed by atoms with Crippen molar-refractivity contribution in [1.29, 1.82) is 0 Å². The summed E-state index contributed by atoms with van der Waals surface area (Å²) in [6.45, 7) is 8.56. The first-order valence-corrected chi connectivity index (χ1v) is 10.2. The second kappa shape index (κ2) is 10.2. The standard InChI is InChI=1S/C20H29N7O.HI/c1-3-21-20(23-12-16-7-8-18-25-24-15(2)27(18)13-16)26-11-9-17(14-26)28-19-6-4-5-10-22-19;/h4-6,10,16-17H,3,7-9,11-14H2,1-2H3,(H,21,23);1H. The van der Waals surface area contributed by atoms with Crippen molar-refractivity contribution in [3.8, 4) is 5.88 Å². The molecule has 0 aromatic carbocycles. The van der Waals surface area contributed by atoms with Crippen LogP contribution < -0.4 is 10.1 Å². The summed E-state index contributed by atoms with van der Waals surface area (Å²) in [5, 5.41) is 11.9. The Morgan fingerprint density at radius 3 is 2.97 bits per heavy atom. The third kappa shape index (κ3) is 5.37. The van der Waals surface area contributed by atoms with E-state index in [0.717, 1.165) is 69.6 Å². The molecule has 1 N–H and O–H groups in total. The number of rotatable bonds is 5. The molecular formula is C20H30IN7O. The Bertz CT molecular complexity index is 810. The van der Waals surface area contributed by atoms with Crippen LogP contribution in [0.15, 0.2) is 29.4 Å². The van der Waals surface area contributed by atoms with E-state index in [4.69, 9.17) is 9.73 Å². The number of aliphatic imine (C=N–C) groups is 1. The highest BCUT2D eigenvalue weighted by Crippen LogP contribution is 2.21. The van der Waals surface area contributed by atoms with Crippen molar-refractivity contribution in [2.45, 2.75) is 45.8 Å². The highest BCUT2D eigenvalue weighted by Gasteiger charge is 2.27. The van der Waals surface area contributed by atoms with Gasteiger partial charge in [-0.05, 0) is 32.3 Å². The van der Waals surface area contributed by atoms with Crippen molar-refractivity contribution in [3.63, 3.8) is 0 Å². The zero-order chi connectivity index (χ0) is 19.3. The Balaban J connectivity index is 0.00000240. The largest absolute Gasteiger partial charge is 0.472 e. The van der Waals surface area contributed by atoms with Crippen molar-refractivity contribution in [1.82, 2.24) is 30.0 Å². The number of guanidine groups is 1. The maximum atomic E-state index is 6.02. The molecule has 2 unspecified atom stereocenters. The van der Waals surface area contributed by atoms with Gasteiger partial charge in [0, 0.05) is 51.3 Å². The fraction of sp³-hybridized carbons (Fsp3) is 0.600. The number of likely N-dealkylation sites (tertiary alicyclic amines) is 1. The molecule has 0 amide bonds. The molecular weight excluding hydrogens is 481 g/mol. The molecule has 2 aromatic heterocycles. The Hall–Kier alpha value is -1.91. The second-order valence-electron chi connectivity index (χ2n) is 7.52. The van der Waals surface area contributed by atoms with Crippen LogP contribution in [0.2, 0.25) is 0 Å². The van der Waals surface area contributed by atoms with Crippen LogP contribution in [0.3, 0.4) is 0 Å². The van der Waals surface area contributed by atoms with Gasteiger partial charge in [-0.3, -0.25) is 4.99 Å². The van der Waals surface area contributed by atoms with Gasteiger partial charge in [0.25, 0.3) is 0 Å². The van der Waals surface area contributed by atoms with Crippen LogP contribution in [0.4, 0.5) is 0 Å². The van der Waals surface area contributed by atoms with Crippen LogP contribution in [0.1, 0.15) is 31.4 Å². The predicted octanol–water partition coefficient (Wildman–Crippen LogP) is 2.28. The molecule has 0 radical (unpaired) electrons. The highest BCUT2D eigenvalue weighted by molar-refractivity contribution is 14.0. The van der Waals surface area contributed by atoms with E-state index >= 15 is 0 Å². The summed E-state index contributed by atoms with van der Waals surface area (Å²) in [4.78, 5) is 11.5. The molecule has 4 heterocycles. The molecule has 0 saturated carbocycles. The third-order valence-electron chi connectivity index (χ3n) is 5.43. The van der Waals surface area contributed by atoms with Crippen molar-refractivity contribution in [2.24, 2.45) is 10.9 Å². The van der Waals surface area contributed by atoms with Crippen molar-refractivity contribution in [2.75, 3.05) is 26.2 Å². The lowest BCUT2D eigenvalue weighted by atomic mass is 9.99. The summed E-state index contributed by atoms with van der Waals surface area (Å²) in [5.74, 6) is 4.32. The minimum atomic E-state index is 0. The van der Waals surface area contributed by atoms with Gasteiger partial charge in [0.05, 0.1) is 6.54 Å². The second-order valence-corrected chi connectivity index (χ2v) is 7.52. The Morgan fingerprint density at radius 2 is 2.17 bits per heavy atom. The van der Waals surface area contributed by atoms with Crippen LogP contribution >= 0.6 is 24.0 Å². The third-order valence-corrected chi connectivity index (χ3v) is 5.43. The quantitative estimate of drug-likeness (QED) is 0.377. The number of nitrogens with one attached hydrogen (secondary N) is 1. The van der Waals surface area contributed by atoms with Gasteiger partial charge in [-0.25, -0.2) is 4.98 Å². The van der Waals surface area contributed by atoms with Gasteiger partial charge in [0.1, 0.15) is 17.8 Å². The van der Waals surface area contributed by atoms with E-state index in [1.807, 2.05) is 25.1 Å². The summed E-state index contributed by atoms with van der Waals surface area (Å²) in [6, 6.07) is 5.76. The van der Waals surface area contributed by atoms with Crippen molar-refractivity contribution < 1.29 is 4.74 Å². The van der Waals surface area contributed by atoms with Crippen LogP contribution in [0.5, 0.6) is 5.88 Å². The van der Waals surface area contributed by atoms with E-state index in [1.54, 1.807) is 6.20 Å². The molecule has 8 nitrogen and oxygen atoms in total. The zero-order valence-electron chi connectivity index (χ0n) is 17.1. The molecule has 29 heavy (non-hydrogen) atoms. The average Bonchev–Trinajstić information content (AvgIpc) is 3.33. The molecule has 2 aromatic rings. The topological polar surface area (TPSA) is 80.5 Å². The zero-order valence-corrected chi connectivity index (χ0v) is 19.5. The molecule has 0 bridgehead atoms. The minimum Gasteiger partial charge on any atom is -0.472 e. The van der Waals surface area contributed by atoms with E-state index in [9.17, 15) is 0 Å². The molecule has 4 rings (SSSR count). The van der Waals surface area contributed by atoms with Crippen LogP contribution in [-0.2, 0) is 13.0 Å². The fourth-order valence-corrected chi connectivity index (χ4v) is 3.92. The first kappa shape index (κ1) is 21.8. The number of aryl methyl sites for hydroxylation is 2. The fourth-order valence-electron chi connectivity index (χ4n) is 3.92. The van der Waals surface area contributed by atoms with E-state index in [2.05, 4.69) is 36.9 Å². The van der Waals surface area contributed by atoms with E-state index in [-0.39, 0.29) is 30.1 Å². The lowest BCUT2D eigenvalue weighted by molar-refractivity contribution is 0.205. The number of fused-ring (bicyclic) bond motifs is 1. The molecule has 1 fully saturated rings. The van der Waals surface area contributed by atoms with Crippen molar-refractivity contribution >= 4 is 29.9 Å². The number of pyridine rings is 1. The van der Waals surface area contributed by atoms with Crippen LogP contribution in [0.25, 0.3) is 0 Å². The molecule has 2 aliphatic rings. The molecule has 2 atom stereocenters. The van der Waals surface area contributed by atoms with Gasteiger partial charge in [0.2, 0.25) is 5.88 Å². The average molecular weight is 511 g/mol. The molecule has 0 aliphatic carbocycles. The van der Waals surface area contributed by atoms with E-state index in [1.165, 1.54) is 0 Å². The monoisotopic (exact) mass is 511 g/mol. The summed E-state index contributed by atoms with van der Waals surface area (Å²) < 4.78 is 8.26. The number of nitrogens with zero attached hydrogens (tertiary/aromatic N) is 6. The summed E-state index contributed by atoms with van der Waals surface area (Å²) in [5.41, 5.74) is 0. The molecule has 0 spiro atoms. The summed E-state index contributed by atoms with van der Waals surface area (Å²) in [7, 11) is 0. The molecule has 1 saturated heterocycles. The number of halogens is 1. The van der Waals surface area contributed by atoms with Gasteiger partial charge >= 0.3 is 0 Å². The summed E-state index contributed by atoms with van der Waals surface area (Å²) >= 11 is 0. The van der Waals surface area contributed by atoms with Gasteiger partial charge < -0.3 is 19.5 Å². The first-order chi connectivity index (χ1) is 13.7. The normalized spacial score (nSPS) is 21.4. The summed E-state index contributed by atoms with van der Waals surface area (Å²) in [6.07, 6.45) is 5.00. The van der Waals surface area contributed by atoms with Crippen LogP contribution in [-0.4, -0.2) is 62.9 Å². The maximum absolute atomic E-state index is 6.02. The SMILES string of the molecule is CCNC(=NCC1CCc2nnc(C)n2C1)N1CCC(Oc2ccccn2)C1.I. The Labute approximate surface area is 189 Å². The number of ether oxygens (including phenoxy) is 1. The smallest absolute Gasteiger partial charge is 0.213 e. The van der Waals surface area contributed by atoms with Crippen LogP contribution in [0, 0.1) is 12.8 Å². The Kier molecular flexibility index (Phi) is 7.68. The lowest BCUT2D eigenvalue weighted by Gasteiger charge is -2.25. The number of hydrogen-bond acceptors (Lipinski definition) is 5. The van der Waals surface area contributed by atoms with Gasteiger partial charge in [-0.2, -0.15) is 0 Å². The molecule has 158 valence electrons. The van der Waals surface area contributed by atoms with Gasteiger partial charge in [0.15, 0.2) is 5.96 Å². The molecule has 2 aliphatic heterocycles. The first-order valence-electron chi connectivity index (χ1n) is 10.2. The van der Waals surface area contributed by atoms with Crippen molar-refractivity contribution in [3.05, 3.63) is 36.0 Å². The minimum absolute atomic E-state index is 0. The Morgan fingerprint density at radius 1 is 1.28 bits per heavy atom. The number of aromatic nitrogens is 4. The molecule has 9 heteroatoms. The van der Waals surface area contributed by atoms with E-state index in [0.29, 0.717) is 11.8 Å². The predicted molar refractivity (Wildman–Crippen MR) is 123 cm³/mol. The highest BCUT2D eigenvalue weighted by atomic mass is 127. The number of hydrogen-bond donors (Lipinski definition) is 1.